The van der Waals surface area contributed by atoms with Gasteiger partial charge < -0.3 is 5.73 Å². The van der Waals surface area contributed by atoms with E-state index in [0.717, 1.165) is 5.56 Å². The number of nitro benzene ring substituents is 1. The Bertz CT molecular complexity index is 383. The Kier molecular flexibility index (Phi) is 3.74. The summed E-state index contributed by atoms with van der Waals surface area (Å²) in [7, 11) is 0. The first-order valence-corrected chi connectivity index (χ1v) is 6.18. The van der Waals surface area contributed by atoms with Gasteiger partial charge in [-0.3, -0.25) is 10.1 Å². The highest BCUT2D eigenvalue weighted by Crippen LogP contribution is 2.33. The van der Waals surface area contributed by atoms with Crippen LogP contribution in [0.3, 0.4) is 0 Å². The van der Waals surface area contributed by atoms with Gasteiger partial charge in [-0.25, -0.2) is 0 Å². The summed E-state index contributed by atoms with van der Waals surface area (Å²) >= 11 is 0. The average molecular weight is 234 g/mol. The van der Waals surface area contributed by atoms with Crippen molar-refractivity contribution in [1.82, 2.24) is 0 Å². The molecule has 4 heteroatoms. The first kappa shape index (κ1) is 12.0. The van der Waals surface area contributed by atoms with E-state index in [1.807, 2.05) is 0 Å². The maximum Gasteiger partial charge on any atom is 0.269 e. The summed E-state index contributed by atoms with van der Waals surface area (Å²) in [6, 6.07) is 6.68. The van der Waals surface area contributed by atoms with E-state index in [4.69, 9.17) is 5.73 Å². The molecule has 0 aliphatic heterocycles. The number of nitrogens with zero attached hydrogens (tertiary/aromatic N) is 1. The summed E-state index contributed by atoms with van der Waals surface area (Å²) in [6.45, 7) is 0. The normalized spacial score (nSPS) is 18.9. The molecule has 0 heterocycles. The summed E-state index contributed by atoms with van der Waals surface area (Å²) < 4.78 is 0. The second-order valence-corrected chi connectivity index (χ2v) is 4.77. The molecular weight excluding hydrogens is 216 g/mol. The molecule has 0 unspecified atom stereocenters. The van der Waals surface area contributed by atoms with Crippen LogP contribution in [0.25, 0.3) is 0 Å². The summed E-state index contributed by atoms with van der Waals surface area (Å²) in [4.78, 5) is 10.2. The van der Waals surface area contributed by atoms with Gasteiger partial charge >= 0.3 is 0 Å². The van der Waals surface area contributed by atoms with Crippen LogP contribution in [0.5, 0.6) is 0 Å². The summed E-state index contributed by atoms with van der Waals surface area (Å²) in [6.07, 6.45) is 6.18. The molecule has 1 fully saturated rings. The molecule has 0 aromatic heterocycles. The van der Waals surface area contributed by atoms with E-state index in [2.05, 4.69) is 0 Å². The number of nitro groups is 1. The van der Waals surface area contributed by atoms with Crippen molar-refractivity contribution < 1.29 is 4.92 Å². The van der Waals surface area contributed by atoms with Crippen molar-refractivity contribution in [2.24, 2.45) is 11.7 Å². The van der Waals surface area contributed by atoms with Crippen LogP contribution in [0.1, 0.15) is 43.7 Å². The first-order valence-electron chi connectivity index (χ1n) is 6.18. The topological polar surface area (TPSA) is 69.2 Å². The Balaban J connectivity index is 2.07. The van der Waals surface area contributed by atoms with E-state index in [-0.39, 0.29) is 16.7 Å². The smallest absolute Gasteiger partial charge is 0.269 e. The van der Waals surface area contributed by atoms with Gasteiger partial charge in [0.25, 0.3) is 5.69 Å². The van der Waals surface area contributed by atoms with Crippen molar-refractivity contribution in [2.45, 2.75) is 38.1 Å². The third-order valence-corrected chi connectivity index (χ3v) is 3.65. The average Bonchev–Trinajstić information content (AvgIpc) is 2.39. The molecule has 1 aliphatic rings. The highest BCUT2D eigenvalue weighted by Gasteiger charge is 2.22. The number of non-ortho nitro benzene ring substituents is 1. The lowest BCUT2D eigenvalue weighted by Crippen LogP contribution is -2.23. The molecule has 4 nitrogen and oxygen atoms in total. The maximum absolute atomic E-state index is 10.6. The van der Waals surface area contributed by atoms with Gasteiger partial charge in [-0.05, 0) is 24.3 Å². The molecule has 17 heavy (non-hydrogen) atoms. The Morgan fingerprint density at radius 2 is 1.76 bits per heavy atom. The molecule has 2 N–H and O–H groups in total. The predicted molar refractivity (Wildman–Crippen MR) is 66.6 cm³/mol. The lowest BCUT2D eigenvalue weighted by molar-refractivity contribution is -0.384. The fourth-order valence-corrected chi connectivity index (χ4v) is 2.58. The molecular formula is C13H18N2O2. The molecule has 1 aromatic rings. The van der Waals surface area contributed by atoms with Crippen LogP contribution < -0.4 is 5.73 Å². The van der Waals surface area contributed by atoms with Crippen LogP contribution in [-0.2, 0) is 0 Å². The SMILES string of the molecule is N[C@H](c1ccc([N+](=O)[O-])cc1)C1CCCCC1. The van der Waals surface area contributed by atoms with E-state index in [9.17, 15) is 10.1 Å². The Morgan fingerprint density at radius 3 is 2.29 bits per heavy atom. The zero-order chi connectivity index (χ0) is 12.3. The highest BCUT2D eigenvalue weighted by molar-refractivity contribution is 5.34. The van der Waals surface area contributed by atoms with Gasteiger partial charge in [0.1, 0.15) is 0 Å². The standard InChI is InChI=1S/C13H18N2O2/c14-13(10-4-2-1-3-5-10)11-6-8-12(9-7-11)15(16)17/h6-10,13H,1-5,14H2/t13-/m0/s1. The van der Waals surface area contributed by atoms with Crippen molar-refractivity contribution in [3.8, 4) is 0 Å². The van der Waals surface area contributed by atoms with Crippen molar-refractivity contribution in [3.63, 3.8) is 0 Å². The quantitative estimate of drug-likeness (QED) is 0.645. The summed E-state index contributed by atoms with van der Waals surface area (Å²) in [5.41, 5.74) is 7.37. The van der Waals surface area contributed by atoms with E-state index in [1.165, 1.54) is 44.2 Å². The van der Waals surface area contributed by atoms with Crippen molar-refractivity contribution in [1.29, 1.82) is 0 Å². The minimum Gasteiger partial charge on any atom is -0.324 e. The van der Waals surface area contributed by atoms with Crippen molar-refractivity contribution in [3.05, 3.63) is 39.9 Å². The van der Waals surface area contributed by atoms with Gasteiger partial charge in [0.2, 0.25) is 0 Å². The Hall–Kier alpha value is -1.42. The highest BCUT2D eigenvalue weighted by atomic mass is 16.6. The van der Waals surface area contributed by atoms with Crippen LogP contribution in [0.15, 0.2) is 24.3 Å². The molecule has 0 amide bonds. The van der Waals surface area contributed by atoms with Crippen molar-refractivity contribution >= 4 is 5.69 Å². The van der Waals surface area contributed by atoms with E-state index >= 15 is 0 Å². The fraction of sp³-hybridized carbons (Fsp3) is 0.538. The monoisotopic (exact) mass is 234 g/mol. The summed E-state index contributed by atoms with van der Waals surface area (Å²) in [5.74, 6) is 0.533. The van der Waals surface area contributed by atoms with Crippen LogP contribution in [0, 0.1) is 16.0 Å². The van der Waals surface area contributed by atoms with E-state index in [1.54, 1.807) is 12.1 Å². The Morgan fingerprint density at radius 1 is 1.18 bits per heavy atom. The zero-order valence-electron chi connectivity index (χ0n) is 9.84. The first-order chi connectivity index (χ1) is 8.18. The third kappa shape index (κ3) is 2.82. The van der Waals surface area contributed by atoms with Crippen LogP contribution in [0.2, 0.25) is 0 Å². The predicted octanol–water partition coefficient (Wildman–Crippen LogP) is 3.17. The van der Waals surface area contributed by atoms with Crippen molar-refractivity contribution in [2.75, 3.05) is 0 Å². The molecule has 0 saturated heterocycles. The summed E-state index contributed by atoms with van der Waals surface area (Å²) in [5, 5.41) is 10.6. The fourth-order valence-electron chi connectivity index (χ4n) is 2.58. The molecule has 92 valence electrons. The second-order valence-electron chi connectivity index (χ2n) is 4.77. The third-order valence-electron chi connectivity index (χ3n) is 3.65. The van der Waals surface area contributed by atoms with Crippen LogP contribution in [0.4, 0.5) is 5.69 Å². The minimum absolute atomic E-state index is 0.0242. The molecule has 1 atom stereocenters. The largest absolute Gasteiger partial charge is 0.324 e. The number of hydrogen-bond acceptors (Lipinski definition) is 3. The van der Waals surface area contributed by atoms with Crippen LogP contribution in [-0.4, -0.2) is 4.92 Å². The van der Waals surface area contributed by atoms with E-state index in [0.29, 0.717) is 5.92 Å². The minimum atomic E-state index is -0.379. The number of hydrogen-bond donors (Lipinski definition) is 1. The maximum atomic E-state index is 10.6. The van der Waals surface area contributed by atoms with Crippen LogP contribution >= 0.6 is 0 Å². The molecule has 0 spiro atoms. The van der Waals surface area contributed by atoms with E-state index < -0.39 is 0 Å². The lowest BCUT2D eigenvalue weighted by atomic mass is 9.81. The van der Waals surface area contributed by atoms with Gasteiger partial charge in [-0.1, -0.05) is 31.4 Å². The van der Waals surface area contributed by atoms with Gasteiger partial charge in [-0.2, -0.15) is 0 Å². The molecule has 1 saturated carbocycles. The number of rotatable bonds is 3. The Labute approximate surface area is 101 Å². The lowest BCUT2D eigenvalue weighted by Gasteiger charge is -2.27. The molecule has 2 rings (SSSR count). The molecule has 1 aromatic carbocycles. The van der Waals surface area contributed by atoms with Gasteiger partial charge in [0.15, 0.2) is 0 Å². The number of nitrogens with two attached hydrogens (primary N) is 1. The number of benzene rings is 1. The van der Waals surface area contributed by atoms with Gasteiger partial charge in [0, 0.05) is 18.2 Å². The van der Waals surface area contributed by atoms with Gasteiger partial charge in [-0.15, -0.1) is 0 Å². The van der Waals surface area contributed by atoms with Gasteiger partial charge in [0.05, 0.1) is 4.92 Å². The molecule has 0 radical (unpaired) electrons. The zero-order valence-corrected chi connectivity index (χ0v) is 9.84. The second kappa shape index (κ2) is 5.27. The molecule has 0 bridgehead atoms. The molecule has 1 aliphatic carbocycles.